The highest BCUT2D eigenvalue weighted by molar-refractivity contribution is 5.97. The van der Waals surface area contributed by atoms with Crippen LogP contribution in [0.15, 0.2) is 23.8 Å². The SMILES string of the molecule is C/C(=C\c1ccc(O[C@@H]2OC[C@H](O)[C@H](O)[C@H]2O)c(O)c1)C(=O)NC1[C@@H](O)[C@@H]2OCO[C@@H]2[C@H](O)[C@H]1O. The van der Waals surface area contributed by atoms with E-state index < -0.39 is 67.1 Å². The summed E-state index contributed by atoms with van der Waals surface area (Å²) in [6.45, 7) is 1.07. The molecular formula is C22H29NO12. The Morgan fingerprint density at radius 3 is 2.34 bits per heavy atom. The standard InChI is InChI=1S/C22H29NO12/c1-8(21(31)23-13-15(27)17(29)20-19(16(13)28)33-7-34-20)4-9-2-3-12(10(24)5-9)35-22-18(30)14(26)11(25)6-32-22/h2-5,11,13-20,22,24-30H,6-7H2,1H3,(H,23,31)/b8-4+/t11-,13?,14-,15-,16+,17+,18+,19-,20+,22-/m0/s1. The number of phenolic OH excluding ortho intramolecular Hbond substituents is 1. The lowest BCUT2D eigenvalue weighted by atomic mass is 9.83. The van der Waals surface area contributed by atoms with E-state index in [2.05, 4.69) is 5.32 Å². The maximum absolute atomic E-state index is 12.7. The van der Waals surface area contributed by atoms with Crippen molar-refractivity contribution in [1.82, 2.24) is 5.32 Å². The van der Waals surface area contributed by atoms with Gasteiger partial charge < -0.3 is 60.0 Å². The predicted octanol–water partition coefficient (Wildman–Crippen LogP) is -3.06. The molecule has 10 atom stereocenters. The summed E-state index contributed by atoms with van der Waals surface area (Å²) in [7, 11) is 0. The molecule has 2 heterocycles. The number of hydrogen-bond donors (Lipinski definition) is 8. The molecule has 2 saturated heterocycles. The van der Waals surface area contributed by atoms with Gasteiger partial charge in [-0.1, -0.05) is 6.07 Å². The molecule has 4 rings (SSSR count). The number of carbonyl (C=O) groups is 1. The van der Waals surface area contributed by atoms with Crippen LogP contribution in [0.5, 0.6) is 11.5 Å². The van der Waals surface area contributed by atoms with Gasteiger partial charge in [-0.05, 0) is 30.7 Å². The Hall–Kier alpha value is -2.33. The Labute approximate surface area is 199 Å². The van der Waals surface area contributed by atoms with Gasteiger partial charge in [0.2, 0.25) is 12.2 Å². The molecule has 194 valence electrons. The van der Waals surface area contributed by atoms with Crippen LogP contribution in [0.3, 0.4) is 0 Å². The van der Waals surface area contributed by atoms with Crippen molar-refractivity contribution >= 4 is 12.0 Å². The highest BCUT2D eigenvalue weighted by Crippen LogP contribution is 2.32. The summed E-state index contributed by atoms with van der Waals surface area (Å²) in [4.78, 5) is 12.7. The molecule has 0 radical (unpaired) electrons. The Bertz CT molecular complexity index is 956. The van der Waals surface area contributed by atoms with Crippen molar-refractivity contribution in [2.45, 2.75) is 68.1 Å². The number of fused-ring (bicyclic) bond motifs is 1. The first kappa shape index (κ1) is 25.8. The molecule has 1 aromatic carbocycles. The molecule has 1 unspecified atom stereocenters. The zero-order chi connectivity index (χ0) is 25.4. The van der Waals surface area contributed by atoms with Crippen LogP contribution in [0.4, 0.5) is 0 Å². The van der Waals surface area contributed by atoms with Gasteiger partial charge in [-0.25, -0.2) is 0 Å². The quantitative estimate of drug-likeness (QED) is 0.190. The van der Waals surface area contributed by atoms with Crippen LogP contribution in [0.2, 0.25) is 0 Å². The van der Waals surface area contributed by atoms with Crippen LogP contribution < -0.4 is 10.1 Å². The molecule has 0 bridgehead atoms. The van der Waals surface area contributed by atoms with Gasteiger partial charge in [-0.15, -0.1) is 0 Å². The third-order valence-electron chi connectivity index (χ3n) is 6.32. The minimum absolute atomic E-state index is 0.0623. The van der Waals surface area contributed by atoms with Crippen molar-refractivity contribution in [2.24, 2.45) is 0 Å². The molecule has 1 amide bonds. The lowest BCUT2D eigenvalue weighted by Gasteiger charge is -2.41. The van der Waals surface area contributed by atoms with Crippen LogP contribution in [0.1, 0.15) is 12.5 Å². The molecule has 2 aliphatic heterocycles. The summed E-state index contributed by atoms with van der Waals surface area (Å²) < 4.78 is 21.0. The first-order valence-electron chi connectivity index (χ1n) is 11.0. The summed E-state index contributed by atoms with van der Waals surface area (Å²) in [5.41, 5.74) is 0.571. The van der Waals surface area contributed by atoms with Gasteiger partial charge in [0.15, 0.2) is 11.5 Å². The Balaban J connectivity index is 1.41. The maximum atomic E-state index is 12.7. The predicted molar refractivity (Wildman–Crippen MR) is 115 cm³/mol. The normalized spacial score (nSPS) is 39.7. The second-order valence-corrected chi connectivity index (χ2v) is 8.77. The molecule has 8 N–H and O–H groups in total. The lowest BCUT2D eigenvalue weighted by Crippen LogP contribution is -2.67. The van der Waals surface area contributed by atoms with Crippen molar-refractivity contribution in [3.05, 3.63) is 29.3 Å². The summed E-state index contributed by atoms with van der Waals surface area (Å²) >= 11 is 0. The molecule has 35 heavy (non-hydrogen) atoms. The highest BCUT2D eigenvalue weighted by Gasteiger charge is 2.53. The van der Waals surface area contributed by atoms with E-state index in [1.165, 1.54) is 31.2 Å². The largest absolute Gasteiger partial charge is 0.504 e. The number of carbonyl (C=O) groups excluding carboxylic acids is 1. The van der Waals surface area contributed by atoms with Crippen LogP contribution in [0, 0.1) is 0 Å². The fourth-order valence-corrected chi connectivity index (χ4v) is 4.27. The number of aliphatic hydroxyl groups is 6. The molecule has 13 nitrogen and oxygen atoms in total. The Morgan fingerprint density at radius 2 is 1.66 bits per heavy atom. The minimum Gasteiger partial charge on any atom is -0.504 e. The number of ether oxygens (including phenoxy) is 4. The van der Waals surface area contributed by atoms with Crippen LogP contribution in [-0.4, -0.2) is 116 Å². The molecule has 3 fully saturated rings. The monoisotopic (exact) mass is 499 g/mol. The number of benzene rings is 1. The molecule has 13 heteroatoms. The Morgan fingerprint density at radius 1 is 0.971 bits per heavy atom. The first-order chi connectivity index (χ1) is 16.6. The van der Waals surface area contributed by atoms with Gasteiger partial charge in [0.05, 0.1) is 12.6 Å². The molecule has 1 saturated carbocycles. The second kappa shape index (κ2) is 10.3. The molecular weight excluding hydrogens is 470 g/mol. The molecule has 3 aliphatic rings. The second-order valence-electron chi connectivity index (χ2n) is 8.77. The van der Waals surface area contributed by atoms with E-state index in [4.69, 9.17) is 18.9 Å². The number of aromatic hydroxyl groups is 1. The third-order valence-corrected chi connectivity index (χ3v) is 6.32. The van der Waals surface area contributed by atoms with Gasteiger partial charge in [0.1, 0.15) is 55.6 Å². The van der Waals surface area contributed by atoms with Gasteiger partial charge in [0, 0.05) is 5.57 Å². The fourth-order valence-electron chi connectivity index (χ4n) is 4.27. The lowest BCUT2D eigenvalue weighted by molar-refractivity contribution is -0.242. The Kier molecular flexibility index (Phi) is 7.61. The number of hydrogen-bond acceptors (Lipinski definition) is 12. The average molecular weight is 499 g/mol. The van der Waals surface area contributed by atoms with Crippen LogP contribution in [-0.2, 0) is 19.0 Å². The number of phenols is 1. The number of aliphatic hydroxyl groups excluding tert-OH is 6. The van der Waals surface area contributed by atoms with Crippen molar-refractivity contribution in [3.63, 3.8) is 0 Å². The van der Waals surface area contributed by atoms with E-state index in [0.29, 0.717) is 5.56 Å². The zero-order valence-corrected chi connectivity index (χ0v) is 18.7. The fraction of sp³-hybridized carbons (Fsp3) is 0.591. The van der Waals surface area contributed by atoms with Gasteiger partial charge in [0.25, 0.3) is 0 Å². The van der Waals surface area contributed by atoms with Crippen molar-refractivity contribution in [2.75, 3.05) is 13.4 Å². The first-order valence-corrected chi connectivity index (χ1v) is 11.0. The van der Waals surface area contributed by atoms with E-state index in [1.807, 2.05) is 0 Å². The number of rotatable bonds is 5. The van der Waals surface area contributed by atoms with Gasteiger partial charge in [-0.2, -0.15) is 0 Å². The molecule has 0 spiro atoms. The smallest absolute Gasteiger partial charge is 0.247 e. The summed E-state index contributed by atoms with van der Waals surface area (Å²) in [6, 6.07) is 2.95. The summed E-state index contributed by atoms with van der Waals surface area (Å²) in [5.74, 6) is -1.04. The average Bonchev–Trinajstić information content (AvgIpc) is 3.32. The van der Waals surface area contributed by atoms with Crippen LogP contribution >= 0.6 is 0 Å². The topological polar surface area (TPSA) is 208 Å². The maximum Gasteiger partial charge on any atom is 0.247 e. The van der Waals surface area contributed by atoms with Crippen molar-refractivity contribution < 1.29 is 59.5 Å². The van der Waals surface area contributed by atoms with E-state index in [1.54, 1.807) is 0 Å². The summed E-state index contributed by atoms with van der Waals surface area (Å²) in [6.07, 6.45) is -10.1. The summed E-state index contributed by atoms with van der Waals surface area (Å²) in [5, 5.41) is 73.1. The van der Waals surface area contributed by atoms with E-state index in [0.717, 1.165) is 0 Å². The highest BCUT2D eigenvalue weighted by atomic mass is 16.7. The number of nitrogens with one attached hydrogen (secondary N) is 1. The van der Waals surface area contributed by atoms with Gasteiger partial charge in [-0.3, -0.25) is 4.79 Å². The zero-order valence-electron chi connectivity index (χ0n) is 18.7. The minimum atomic E-state index is -1.54. The molecule has 1 aliphatic carbocycles. The van der Waals surface area contributed by atoms with Crippen molar-refractivity contribution in [1.29, 1.82) is 0 Å². The molecule has 1 aromatic rings. The van der Waals surface area contributed by atoms with E-state index >= 15 is 0 Å². The third kappa shape index (κ3) is 5.14. The van der Waals surface area contributed by atoms with Gasteiger partial charge >= 0.3 is 0 Å². The molecule has 0 aromatic heterocycles. The van der Waals surface area contributed by atoms with Crippen molar-refractivity contribution in [3.8, 4) is 11.5 Å². The van der Waals surface area contributed by atoms with Crippen LogP contribution in [0.25, 0.3) is 6.08 Å². The van der Waals surface area contributed by atoms with E-state index in [-0.39, 0.29) is 30.5 Å². The van der Waals surface area contributed by atoms with E-state index in [9.17, 15) is 40.5 Å². The number of amides is 1.